The fraction of sp³-hybridized carbons (Fsp3) is 0.0938. The number of thiazole rings is 1. The van der Waals surface area contributed by atoms with Gasteiger partial charge in [-0.25, -0.2) is 4.99 Å². The van der Waals surface area contributed by atoms with Crippen molar-refractivity contribution in [3.63, 3.8) is 0 Å². The van der Waals surface area contributed by atoms with Gasteiger partial charge in [-0.2, -0.15) is 0 Å². The van der Waals surface area contributed by atoms with Crippen molar-refractivity contribution in [1.29, 1.82) is 0 Å². The normalized spacial score (nSPS) is 14.9. The van der Waals surface area contributed by atoms with E-state index in [4.69, 9.17) is 21.3 Å². The van der Waals surface area contributed by atoms with Gasteiger partial charge in [0.2, 0.25) is 0 Å². The van der Waals surface area contributed by atoms with Crippen molar-refractivity contribution >= 4 is 40.6 Å². The zero-order chi connectivity index (χ0) is 28.5. The molecule has 204 valence electrons. The predicted molar refractivity (Wildman–Crippen MR) is 163 cm³/mol. The number of aromatic nitrogens is 2. The summed E-state index contributed by atoms with van der Waals surface area (Å²) in [5, 5.41) is 3.62. The Morgan fingerprint density at radius 1 is 1.00 bits per heavy atom. The van der Waals surface area contributed by atoms with Crippen LogP contribution in [0, 0.1) is 0 Å². The molecule has 5 aromatic rings. The number of hydrogen-bond acceptors (Lipinski definition) is 5. The number of ether oxygens (including phenoxy) is 1. The summed E-state index contributed by atoms with van der Waals surface area (Å²) in [6.45, 7) is 1.80. The Hall–Kier alpha value is -4.66. The molecule has 41 heavy (non-hydrogen) atoms. The minimum atomic E-state index is -0.675. The van der Waals surface area contributed by atoms with Crippen LogP contribution in [0.25, 0.3) is 11.8 Å². The van der Waals surface area contributed by atoms with Gasteiger partial charge in [-0.05, 0) is 79.2 Å². The third-order valence-electron chi connectivity index (χ3n) is 6.89. The third-order valence-corrected chi connectivity index (χ3v) is 8.13. The lowest BCUT2D eigenvalue weighted by molar-refractivity contribution is -0.113. The number of fused-ring (bicyclic) bond motifs is 1. The lowest BCUT2D eigenvalue weighted by Gasteiger charge is -2.25. The highest BCUT2D eigenvalue weighted by molar-refractivity contribution is 7.07. The monoisotopic (exact) mass is 580 g/mol. The Morgan fingerprint density at radius 2 is 1.73 bits per heavy atom. The van der Waals surface area contributed by atoms with Crippen molar-refractivity contribution in [2.45, 2.75) is 13.0 Å². The molecule has 0 radical (unpaired) electrons. The highest BCUT2D eigenvalue weighted by atomic mass is 35.5. The number of halogens is 1. The molecule has 0 aliphatic carbocycles. The van der Waals surface area contributed by atoms with E-state index in [2.05, 4.69) is 5.32 Å². The average Bonchev–Trinajstić information content (AvgIpc) is 3.57. The van der Waals surface area contributed by atoms with Gasteiger partial charge < -0.3 is 14.6 Å². The predicted octanol–water partition coefficient (Wildman–Crippen LogP) is 5.33. The number of para-hydroxylation sites is 1. The second-order valence-corrected chi connectivity index (χ2v) is 10.9. The van der Waals surface area contributed by atoms with Gasteiger partial charge >= 0.3 is 0 Å². The number of benzene rings is 3. The lowest BCUT2D eigenvalue weighted by Crippen LogP contribution is -2.40. The van der Waals surface area contributed by atoms with Gasteiger partial charge in [0.25, 0.3) is 11.5 Å². The molecule has 0 spiro atoms. The molecule has 1 aliphatic rings. The van der Waals surface area contributed by atoms with Crippen LogP contribution in [0.5, 0.6) is 5.75 Å². The van der Waals surface area contributed by atoms with E-state index in [9.17, 15) is 9.59 Å². The van der Waals surface area contributed by atoms with Gasteiger partial charge in [0.05, 0.1) is 29.0 Å². The number of anilines is 1. The lowest BCUT2D eigenvalue weighted by atomic mass is 9.95. The number of allylic oxidation sites excluding steroid dienone is 1. The first-order chi connectivity index (χ1) is 19.9. The number of nitrogens with one attached hydrogen (secondary N) is 1. The first kappa shape index (κ1) is 26.6. The van der Waals surface area contributed by atoms with Crippen LogP contribution in [0.3, 0.4) is 0 Å². The van der Waals surface area contributed by atoms with Crippen molar-refractivity contribution in [2.24, 2.45) is 4.99 Å². The summed E-state index contributed by atoms with van der Waals surface area (Å²) in [6, 6.07) is 27.3. The summed E-state index contributed by atoms with van der Waals surface area (Å²) in [6.07, 6.45) is 3.79. The van der Waals surface area contributed by atoms with Crippen LogP contribution < -0.4 is 24.9 Å². The first-order valence-electron chi connectivity index (χ1n) is 12.9. The van der Waals surface area contributed by atoms with E-state index in [1.165, 1.54) is 11.3 Å². The molecule has 1 N–H and O–H groups in total. The second kappa shape index (κ2) is 11.1. The molecule has 0 unspecified atom stereocenters. The third kappa shape index (κ3) is 5.15. The van der Waals surface area contributed by atoms with Gasteiger partial charge in [-0.3, -0.25) is 14.2 Å². The minimum absolute atomic E-state index is 0.226. The quantitative estimate of drug-likeness (QED) is 0.295. The number of amides is 1. The van der Waals surface area contributed by atoms with Crippen LogP contribution in [0.15, 0.2) is 118 Å². The Labute approximate surface area is 245 Å². The van der Waals surface area contributed by atoms with E-state index in [1.807, 2.05) is 108 Å². The largest absolute Gasteiger partial charge is 0.497 e. The molecule has 3 aromatic carbocycles. The smallest absolute Gasteiger partial charge is 0.271 e. The number of carbonyl (C=O) groups is 1. The van der Waals surface area contributed by atoms with E-state index < -0.39 is 6.04 Å². The molecule has 7 nitrogen and oxygen atoms in total. The highest BCUT2D eigenvalue weighted by Crippen LogP contribution is 2.31. The topological polar surface area (TPSA) is 77.6 Å². The molecule has 3 heterocycles. The van der Waals surface area contributed by atoms with Gasteiger partial charge in [0.15, 0.2) is 4.80 Å². The van der Waals surface area contributed by atoms with Crippen LogP contribution in [-0.4, -0.2) is 22.2 Å². The molecule has 1 amide bonds. The van der Waals surface area contributed by atoms with E-state index in [1.54, 1.807) is 18.6 Å². The Bertz CT molecular complexity index is 1950. The number of nitrogens with zero attached hydrogens (tertiary/aromatic N) is 3. The standard InChI is InChI=1S/C32H25ClN4O3S/c1-20-28(30(38)35-23-7-4-3-5-8-23)29(21-10-16-26(40-2)17-11-21)37-31(39)27(41-32(37)34-20)19-25-9-6-18-36(25)24-14-12-22(33)13-15-24/h3-19,29H,1-2H3,(H,35,38)/t29-/m0/s1. The summed E-state index contributed by atoms with van der Waals surface area (Å²) in [7, 11) is 1.60. The van der Waals surface area contributed by atoms with Crippen LogP contribution >= 0.6 is 22.9 Å². The number of hydrogen-bond donors (Lipinski definition) is 1. The zero-order valence-corrected chi connectivity index (χ0v) is 23.8. The van der Waals surface area contributed by atoms with Gasteiger partial charge in [0.1, 0.15) is 5.75 Å². The SMILES string of the molecule is COc1ccc([C@H]2C(C(=O)Nc3ccccc3)=C(C)N=c3sc(=Cc4cccn4-c4ccc(Cl)cc4)c(=O)n32)cc1. The van der Waals surface area contributed by atoms with Gasteiger partial charge in [-0.1, -0.05) is 53.3 Å². The average molecular weight is 581 g/mol. The van der Waals surface area contributed by atoms with E-state index in [0.29, 0.717) is 37.1 Å². The molecular formula is C32H25ClN4O3S. The summed E-state index contributed by atoms with van der Waals surface area (Å²) < 4.78 is 9.46. The summed E-state index contributed by atoms with van der Waals surface area (Å²) in [5.74, 6) is 0.365. The molecule has 0 bridgehead atoms. The summed E-state index contributed by atoms with van der Waals surface area (Å²) >= 11 is 7.38. The van der Waals surface area contributed by atoms with Gasteiger partial charge in [0, 0.05) is 28.3 Å². The number of rotatable bonds is 6. The molecular weight excluding hydrogens is 556 g/mol. The Kier molecular flexibility index (Phi) is 7.17. The Balaban J connectivity index is 1.49. The fourth-order valence-electron chi connectivity index (χ4n) is 4.92. The first-order valence-corrected chi connectivity index (χ1v) is 14.1. The number of methoxy groups -OCH3 is 1. The van der Waals surface area contributed by atoms with Crippen LogP contribution in [0.1, 0.15) is 24.2 Å². The van der Waals surface area contributed by atoms with Gasteiger partial charge in [-0.15, -0.1) is 0 Å². The van der Waals surface area contributed by atoms with Crippen LogP contribution in [0.2, 0.25) is 5.02 Å². The molecule has 9 heteroatoms. The maximum Gasteiger partial charge on any atom is 0.271 e. The maximum absolute atomic E-state index is 14.0. The van der Waals surface area contributed by atoms with Crippen molar-refractivity contribution in [1.82, 2.24) is 9.13 Å². The molecule has 0 saturated heterocycles. The van der Waals surface area contributed by atoms with Crippen molar-refractivity contribution in [3.05, 3.63) is 144 Å². The molecule has 0 fully saturated rings. The molecule has 1 atom stereocenters. The van der Waals surface area contributed by atoms with Crippen molar-refractivity contribution < 1.29 is 9.53 Å². The van der Waals surface area contributed by atoms with E-state index in [0.717, 1.165) is 16.9 Å². The maximum atomic E-state index is 14.0. The van der Waals surface area contributed by atoms with Crippen LogP contribution in [-0.2, 0) is 4.79 Å². The van der Waals surface area contributed by atoms with Crippen molar-refractivity contribution in [3.8, 4) is 11.4 Å². The molecule has 0 saturated carbocycles. The Morgan fingerprint density at radius 3 is 2.44 bits per heavy atom. The zero-order valence-electron chi connectivity index (χ0n) is 22.2. The van der Waals surface area contributed by atoms with Crippen LogP contribution in [0.4, 0.5) is 5.69 Å². The molecule has 2 aromatic heterocycles. The molecule has 6 rings (SSSR count). The second-order valence-electron chi connectivity index (χ2n) is 9.45. The van der Waals surface area contributed by atoms with E-state index in [-0.39, 0.29) is 11.5 Å². The van der Waals surface area contributed by atoms with E-state index >= 15 is 0 Å². The summed E-state index contributed by atoms with van der Waals surface area (Å²) in [4.78, 5) is 33.0. The minimum Gasteiger partial charge on any atom is -0.497 e. The fourth-order valence-corrected chi connectivity index (χ4v) is 6.07. The van der Waals surface area contributed by atoms with Crippen molar-refractivity contribution in [2.75, 3.05) is 12.4 Å². The summed E-state index contributed by atoms with van der Waals surface area (Å²) in [5.41, 5.74) is 3.92. The highest BCUT2D eigenvalue weighted by Gasteiger charge is 2.32. The number of carbonyl (C=O) groups excluding carboxylic acids is 1. The molecule has 1 aliphatic heterocycles.